The summed E-state index contributed by atoms with van der Waals surface area (Å²) in [5, 5.41) is 2.80. The second kappa shape index (κ2) is 8.97. The number of benzene rings is 1. The molecule has 0 N–H and O–H groups in total. The van der Waals surface area contributed by atoms with E-state index in [2.05, 4.69) is 4.98 Å². The fourth-order valence-corrected chi connectivity index (χ4v) is 3.53. The van der Waals surface area contributed by atoms with Crippen LogP contribution in [0.5, 0.6) is 5.75 Å². The standard InChI is InChI=1S/C19H23NO4S/c1-2-22-16-8-6-14(7-9-16)19-20-15(13-25-19)11-18(21)24-12-17-5-3-4-10-23-17/h6-9,13,17H,2-5,10-12H2,1H3. The van der Waals surface area contributed by atoms with Crippen LogP contribution in [0.2, 0.25) is 0 Å². The Morgan fingerprint density at radius 2 is 2.16 bits per heavy atom. The molecule has 1 fully saturated rings. The van der Waals surface area contributed by atoms with Gasteiger partial charge in [0.25, 0.3) is 0 Å². The lowest BCUT2D eigenvalue weighted by molar-refractivity contribution is -0.148. The highest BCUT2D eigenvalue weighted by atomic mass is 32.1. The van der Waals surface area contributed by atoms with Crippen molar-refractivity contribution in [2.75, 3.05) is 19.8 Å². The first-order chi connectivity index (χ1) is 12.2. The van der Waals surface area contributed by atoms with Gasteiger partial charge in [0.15, 0.2) is 0 Å². The summed E-state index contributed by atoms with van der Waals surface area (Å²) in [5.74, 6) is 0.592. The molecular weight excluding hydrogens is 338 g/mol. The molecule has 1 aliphatic heterocycles. The third-order valence-electron chi connectivity index (χ3n) is 3.99. The number of hydrogen-bond donors (Lipinski definition) is 0. The van der Waals surface area contributed by atoms with Crippen molar-refractivity contribution in [2.24, 2.45) is 0 Å². The molecule has 6 heteroatoms. The highest BCUT2D eigenvalue weighted by Crippen LogP contribution is 2.26. The number of aromatic nitrogens is 1. The molecule has 0 amide bonds. The smallest absolute Gasteiger partial charge is 0.311 e. The maximum atomic E-state index is 12.0. The van der Waals surface area contributed by atoms with Crippen LogP contribution in [0.15, 0.2) is 29.6 Å². The van der Waals surface area contributed by atoms with Crippen molar-refractivity contribution in [3.05, 3.63) is 35.3 Å². The van der Waals surface area contributed by atoms with Crippen molar-refractivity contribution < 1.29 is 19.0 Å². The number of esters is 1. The zero-order valence-corrected chi connectivity index (χ0v) is 15.2. The molecule has 3 rings (SSSR count). The Labute approximate surface area is 151 Å². The van der Waals surface area contributed by atoms with Crippen LogP contribution in [0.4, 0.5) is 0 Å². The second-order valence-electron chi connectivity index (χ2n) is 5.95. The van der Waals surface area contributed by atoms with Crippen molar-refractivity contribution in [1.82, 2.24) is 4.98 Å². The first kappa shape index (κ1) is 17.9. The number of thiazole rings is 1. The van der Waals surface area contributed by atoms with Gasteiger partial charge >= 0.3 is 5.97 Å². The van der Waals surface area contributed by atoms with Gasteiger partial charge in [0.05, 0.1) is 24.8 Å². The molecule has 134 valence electrons. The van der Waals surface area contributed by atoms with Crippen LogP contribution in [0.1, 0.15) is 31.9 Å². The normalized spacial score (nSPS) is 17.2. The average Bonchev–Trinajstić information content (AvgIpc) is 3.10. The van der Waals surface area contributed by atoms with Gasteiger partial charge in [-0.2, -0.15) is 0 Å². The summed E-state index contributed by atoms with van der Waals surface area (Å²) in [6, 6.07) is 7.81. The van der Waals surface area contributed by atoms with Crippen molar-refractivity contribution in [2.45, 2.75) is 38.7 Å². The molecule has 0 saturated carbocycles. The Bertz CT molecular complexity index is 677. The average molecular weight is 361 g/mol. The van der Waals surface area contributed by atoms with Crippen LogP contribution in [-0.2, 0) is 20.7 Å². The largest absolute Gasteiger partial charge is 0.494 e. The molecular formula is C19H23NO4S. The van der Waals surface area contributed by atoms with Gasteiger partial charge in [-0.1, -0.05) is 0 Å². The third kappa shape index (κ3) is 5.28. The van der Waals surface area contributed by atoms with Crippen molar-refractivity contribution in [3.8, 4) is 16.3 Å². The van der Waals surface area contributed by atoms with E-state index in [4.69, 9.17) is 14.2 Å². The lowest BCUT2D eigenvalue weighted by Gasteiger charge is -2.21. The molecule has 1 aromatic carbocycles. The van der Waals surface area contributed by atoms with Crippen molar-refractivity contribution in [3.63, 3.8) is 0 Å². The molecule has 25 heavy (non-hydrogen) atoms. The first-order valence-electron chi connectivity index (χ1n) is 8.69. The Hall–Kier alpha value is -1.92. The molecule has 0 radical (unpaired) electrons. The van der Waals surface area contributed by atoms with Crippen LogP contribution >= 0.6 is 11.3 Å². The van der Waals surface area contributed by atoms with Gasteiger partial charge < -0.3 is 14.2 Å². The van der Waals surface area contributed by atoms with Crippen LogP contribution in [0.25, 0.3) is 10.6 Å². The van der Waals surface area contributed by atoms with E-state index in [1.165, 1.54) is 11.3 Å². The predicted molar refractivity (Wildman–Crippen MR) is 97.0 cm³/mol. The molecule has 1 atom stereocenters. The second-order valence-corrected chi connectivity index (χ2v) is 6.81. The summed E-state index contributed by atoms with van der Waals surface area (Å²) in [6.45, 7) is 3.71. The molecule has 0 spiro atoms. The zero-order chi connectivity index (χ0) is 17.5. The fourth-order valence-electron chi connectivity index (χ4n) is 2.70. The lowest BCUT2D eigenvalue weighted by Crippen LogP contribution is -2.26. The van der Waals surface area contributed by atoms with E-state index >= 15 is 0 Å². The Kier molecular flexibility index (Phi) is 6.42. The predicted octanol–water partition coefficient (Wildman–Crippen LogP) is 3.86. The van der Waals surface area contributed by atoms with E-state index in [0.29, 0.717) is 13.2 Å². The Morgan fingerprint density at radius 1 is 1.32 bits per heavy atom. The monoisotopic (exact) mass is 361 g/mol. The lowest BCUT2D eigenvalue weighted by atomic mass is 10.1. The third-order valence-corrected chi connectivity index (χ3v) is 4.93. The van der Waals surface area contributed by atoms with Gasteiger partial charge in [-0.05, 0) is 50.5 Å². The number of carbonyl (C=O) groups is 1. The quantitative estimate of drug-likeness (QED) is 0.701. The minimum absolute atomic E-state index is 0.0487. The van der Waals surface area contributed by atoms with Crippen LogP contribution in [-0.4, -0.2) is 36.9 Å². The van der Waals surface area contributed by atoms with E-state index in [1.807, 2.05) is 36.6 Å². The Balaban J connectivity index is 1.51. The van der Waals surface area contributed by atoms with E-state index in [0.717, 1.165) is 47.9 Å². The zero-order valence-electron chi connectivity index (χ0n) is 14.4. The minimum atomic E-state index is -0.252. The fraction of sp³-hybridized carbons (Fsp3) is 0.474. The molecule has 2 aromatic rings. The van der Waals surface area contributed by atoms with Crippen LogP contribution in [0.3, 0.4) is 0 Å². The van der Waals surface area contributed by atoms with E-state index in [1.54, 1.807) is 0 Å². The SMILES string of the molecule is CCOc1ccc(-c2nc(CC(=O)OCC3CCCCO3)cs2)cc1. The molecule has 1 aliphatic rings. The molecule has 0 bridgehead atoms. The maximum absolute atomic E-state index is 12.0. The highest BCUT2D eigenvalue weighted by Gasteiger charge is 2.17. The van der Waals surface area contributed by atoms with E-state index in [9.17, 15) is 4.79 Å². The van der Waals surface area contributed by atoms with Gasteiger partial charge in [0.1, 0.15) is 17.4 Å². The van der Waals surface area contributed by atoms with Crippen molar-refractivity contribution in [1.29, 1.82) is 0 Å². The summed E-state index contributed by atoms with van der Waals surface area (Å²) < 4.78 is 16.3. The molecule has 2 heterocycles. The summed E-state index contributed by atoms with van der Waals surface area (Å²) in [7, 11) is 0. The molecule has 1 unspecified atom stereocenters. The van der Waals surface area contributed by atoms with Crippen LogP contribution < -0.4 is 4.74 Å². The molecule has 1 saturated heterocycles. The van der Waals surface area contributed by atoms with Gasteiger partial charge in [-0.25, -0.2) is 4.98 Å². The number of carbonyl (C=O) groups excluding carboxylic acids is 1. The summed E-state index contributed by atoms with van der Waals surface area (Å²) in [4.78, 5) is 16.5. The molecule has 1 aromatic heterocycles. The number of rotatable bonds is 7. The number of ether oxygens (including phenoxy) is 3. The summed E-state index contributed by atoms with van der Waals surface area (Å²) in [5.41, 5.74) is 1.76. The van der Waals surface area contributed by atoms with Gasteiger partial charge in [0, 0.05) is 17.6 Å². The topological polar surface area (TPSA) is 57.7 Å². The highest BCUT2D eigenvalue weighted by molar-refractivity contribution is 7.13. The summed E-state index contributed by atoms with van der Waals surface area (Å²) in [6.07, 6.45) is 3.44. The number of hydrogen-bond acceptors (Lipinski definition) is 6. The molecule has 0 aliphatic carbocycles. The van der Waals surface area contributed by atoms with Gasteiger partial charge in [-0.15, -0.1) is 11.3 Å². The Morgan fingerprint density at radius 3 is 2.88 bits per heavy atom. The summed E-state index contributed by atoms with van der Waals surface area (Å²) >= 11 is 1.53. The van der Waals surface area contributed by atoms with E-state index in [-0.39, 0.29) is 18.5 Å². The van der Waals surface area contributed by atoms with Crippen molar-refractivity contribution >= 4 is 17.3 Å². The molecule has 5 nitrogen and oxygen atoms in total. The number of nitrogens with zero attached hydrogens (tertiary/aromatic N) is 1. The van der Waals surface area contributed by atoms with Crippen LogP contribution in [0, 0.1) is 0 Å². The first-order valence-corrected chi connectivity index (χ1v) is 9.57. The maximum Gasteiger partial charge on any atom is 0.311 e. The van der Waals surface area contributed by atoms with Gasteiger partial charge in [-0.3, -0.25) is 4.79 Å². The minimum Gasteiger partial charge on any atom is -0.494 e. The van der Waals surface area contributed by atoms with Gasteiger partial charge in [0.2, 0.25) is 0 Å². The van der Waals surface area contributed by atoms with E-state index < -0.39 is 0 Å².